The lowest BCUT2D eigenvalue weighted by atomic mass is 10.1. The van der Waals surface area contributed by atoms with Crippen molar-refractivity contribution in [3.63, 3.8) is 0 Å². The Morgan fingerprint density at radius 1 is 0.909 bits per heavy atom. The van der Waals surface area contributed by atoms with Crippen LogP contribution in [-0.2, 0) is 12.4 Å². The second-order valence-corrected chi connectivity index (χ2v) is 7.00. The molecule has 0 unspecified atom stereocenters. The standard InChI is InChI=1S/C20H13F6N5O2/c1-9-8-27-17(29-13-5-10(19(21,22)23)4-11(6-13)20(24,25)26)31-16(9)28-12-2-3-15-14(7-12)30-18(32)33-15/h2-8H,1H3,(H,30,32)(H2,27,28,29,31). The van der Waals surface area contributed by atoms with Crippen LogP contribution in [0.15, 0.2) is 51.8 Å². The number of alkyl halides is 6. The lowest BCUT2D eigenvalue weighted by Crippen LogP contribution is -2.12. The number of hydrogen-bond acceptors (Lipinski definition) is 6. The Morgan fingerprint density at radius 2 is 1.58 bits per heavy atom. The van der Waals surface area contributed by atoms with Gasteiger partial charge < -0.3 is 15.1 Å². The predicted octanol–water partition coefficient (Wildman–Crippen LogP) is 5.74. The van der Waals surface area contributed by atoms with Crippen LogP contribution < -0.4 is 16.4 Å². The van der Waals surface area contributed by atoms with Crippen molar-refractivity contribution in [2.45, 2.75) is 19.3 Å². The summed E-state index contributed by atoms with van der Waals surface area (Å²) in [6, 6.07) is 5.80. The molecule has 2 heterocycles. The van der Waals surface area contributed by atoms with Crippen molar-refractivity contribution in [1.29, 1.82) is 0 Å². The number of fused-ring (bicyclic) bond motifs is 1. The van der Waals surface area contributed by atoms with Gasteiger partial charge in [0, 0.05) is 23.1 Å². The first-order chi connectivity index (χ1) is 15.4. The number of anilines is 4. The Kier molecular flexibility index (Phi) is 5.26. The van der Waals surface area contributed by atoms with Gasteiger partial charge in [-0.05, 0) is 43.3 Å². The molecule has 33 heavy (non-hydrogen) atoms. The fourth-order valence-corrected chi connectivity index (χ4v) is 2.95. The molecule has 0 aliphatic heterocycles. The summed E-state index contributed by atoms with van der Waals surface area (Å²) in [5.41, 5.74) is -1.63. The van der Waals surface area contributed by atoms with E-state index in [0.717, 1.165) is 0 Å². The fraction of sp³-hybridized carbons (Fsp3) is 0.150. The highest BCUT2D eigenvalue weighted by Crippen LogP contribution is 2.38. The van der Waals surface area contributed by atoms with Crippen LogP contribution in [0.1, 0.15) is 16.7 Å². The molecule has 2 aromatic carbocycles. The number of aromatic nitrogens is 3. The average molecular weight is 469 g/mol. The molecule has 0 saturated heterocycles. The molecule has 0 aliphatic rings. The monoisotopic (exact) mass is 469 g/mol. The van der Waals surface area contributed by atoms with Gasteiger partial charge in [-0.1, -0.05) is 0 Å². The zero-order chi connectivity index (χ0) is 24.0. The number of nitrogens with one attached hydrogen (secondary N) is 3. The first-order valence-electron chi connectivity index (χ1n) is 9.18. The first kappa shape index (κ1) is 22.2. The summed E-state index contributed by atoms with van der Waals surface area (Å²) < 4.78 is 83.4. The highest BCUT2D eigenvalue weighted by atomic mass is 19.4. The smallest absolute Gasteiger partial charge is 0.408 e. The van der Waals surface area contributed by atoms with Crippen LogP contribution in [-0.4, -0.2) is 15.0 Å². The average Bonchev–Trinajstić information content (AvgIpc) is 3.08. The highest BCUT2D eigenvalue weighted by Gasteiger charge is 2.37. The molecule has 4 aromatic rings. The van der Waals surface area contributed by atoms with E-state index in [-0.39, 0.29) is 17.8 Å². The van der Waals surface area contributed by atoms with Crippen LogP contribution in [0.2, 0.25) is 0 Å². The normalized spacial score (nSPS) is 12.2. The first-order valence-corrected chi connectivity index (χ1v) is 9.18. The second-order valence-electron chi connectivity index (χ2n) is 7.00. The van der Waals surface area contributed by atoms with Crippen molar-refractivity contribution in [1.82, 2.24) is 15.0 Å². The minimum Gasteiger partial charge on any atom is -0.408 e. The maximum atomic E-state index is 13.1. The molecule has 0 atom stereocenters. The van der Waals surface area contributed by atoms with Crippen molar-refractivity contribution < 1.29 is 30.8 Å². The van der Waals surface area contributed by atoms with Gasteiger partial charge in [0.15, 0.2) is 5.58 Å². The van der Waals surface area contributed by atoms with Crippen molar-refractivity contribution in [3.05, 3.63) is 69.8 Å². The van der Waals surface area contributed by atoms with Gasteiger partial charge in [0.1, 0.15) is 5.82 Å². The maximum absolute atomic E-state index is 13.1. The van der Waals surface area contributed by atoms with Gasteiger partial charge in [-0.25, -0.2) is 9.78 Å². The summed E-state index contributed by atoms with van der Waals surface area (Å²) in [5, 5.41) is 5.35. The van der Waals surface area contributed by atoms with Gasteiger partial charge in [0.2, 0.25) is 5.95 Å². The van der Waals surface area contributed by atoms with Gasteiger partial charge in [-0.2, -0.15) is 31.3 Å². The molecular formula is C20H13F6N5O2. The molecule has 4 rings (SSSR count). The Hall–Kier alpha value is -4.03. The van der Waals surface area contributed by atoms with Crippen molar-refractivity contribution in [3.8, 4) is 0 Å². The largest absolute Gasteiger partial charge is 0.417 e. The second kappa shape index (κ2) is 7.83. The van der Waals surface area contributed by atoms with Crippen LogP contribution in [0.25, 0.3) is 11.1 Å². The fourth-order valence-electron chi connectivity index (χ4n) is 2.95. The van der Waals surface area contributed by atoms with E-state index in [9.17, 15) is 31.1 Å². The number of halogens is 6. The molecule has 2 aromatic heterocycles. The third-order valence-electron chi connectivity index (χ3n) is 4.50. The minimum absolute atomic E-state index is 0.0322. The van der Waals surface area contributed by atoms with Gasteiger partial charge in [-0.3, -0.25) is 4.98 Å². The summed E-state index contributed by atoms with van der Waals surface area (Å²) in [4.78, 5) is 21.8. The maximum Gasteiger partial charge on any atom is 0.417 e. The topological polar surface area (TPSA) is 95.8 Å². The molecule has 0 spiro atoms. The van der Waals surface area contributed by atoms with Crippen LogP contribution in [0, 0.1) is 6.92 Å². The SMILES string of the molecule is Cc1cnc(Nc2cc(C(F)(F)F)cc(C(F)(F)F)c2)nc1Nc1ccc2oc(=O)[nH]c2c1. The minimum atomic E-state index is -4.98. The van der Waals surface area contributed by atoms with Gasteiger partial charge in [-0.15, -0.1) is 0 Å². The van der Waals surface area contributed by atoms with Crippen LogP contribution in [0.3, 0.4) is 0 Å². The lowest BCUT2D eigenvalue weighted by Gasteiger charge is -2.15. The molecule has 0 fully saturated rings. The quantitative estimate of drug-likeness (QED) is 0.330. The summed E-state index contributed by atoms with van der Waals surface area (Å²) >= 11 is 0. The lowest BCUT2D eigenvalue weighted by molar-refractivity contribution is -0.143. The van der Waals surface area contributed by atoms with E-state index in [0.29, 0.717) is 34.5 Å². The van der Waals surface area contributed by atoms with Gasteiger partial charge in [0.05, 0.1) is 16.6 Å². The number of H-pyrrole nitrogens is 1. The highest BCUT2D eigenvalue weighted by molar-refractivity contribution is 5.78. The molecule has 0 saturated carbocycles. The summed E-state index contributed by atoms with van der Waals surface area (Å²) in [7, 11) is 0. The van der Waals surface area contributed by atoms with E-state index in [1.54, 1.807) is 19.1 Å². The molecule has 3 N–H and O–H groups in total. The summed E-state index contributed by atoms with van der Waals surface area (Å²) in [6.45, 7) is 1.65. The predicted molar refractivity (Wildman–Crippen MR) is 107 cm³/mol. The third-order valence-corrected chi connectivity index (χ3v) is 4.50. The van der Waals surface area contributed by atoms with Crippen molar-refractivity contribution in [2.24, 2.45) is 0 Å². The van der Waals surface area contributed by atoms with Crippen LogP contribution in [0.4, 0.5) is 49.5 Å². The molecular weight excluding hydrogens is 456 g/mol. The number of aryl methyl sites for hydroxylation is 1. The van der Waals surface area contributed by atoms with Crippen molar-refractivity contribution in [2.75, 3.05) is 10.6 Å². The Bertz CT molecular complexity index is 1360. The number of aromatic amines is 1. The molecule has 0 aliphatic carbocycles. The molecule has 0 amide bonds. The van der Waals surface area contributed by atoms with E-state index in [2.05, 4.69) is 25.6 Å². The van der Waals surface area contributed by atoms with E-state index in [4.69, 9.17) is 4.42 Å². The summed E-state index contributed by atoms with van der Waals surface area (Å²) in [6.07, 6.45) is -8.62. The van der Waals surface area contributed by atoms with Crippen molar-refractivity contribution >= 4 is 34.2 Å². The zero-order valence-corrected chi connectivity index (χ0v) is 16.5. The van der Waals surface area contributed by atoms with Crippen LogP contribution in [0.5, 0.6) is 0 Å². The molecule has 0 bridgehead atoms. The number of rotatable bonds is 4. The van der Waals surface area contributed by atoms with Crippen LogP contribution >= 0.6 is 0 Å². The molecule has 0 radical (unpaired) electrons. The number of hydrogen-bond donors (Lipinski definition) is 3. The Morgan fingerprint density at radius 3 is 2.21 bits per heavy atom. The van der Waals surface area contributed by atoms with Gasteiger partial charge >= 0.3 is 18.1 Å². The van der Waals surface area contributed by atoms with Gasteiger partial charge in [0.25, 0.3) is 0 Å². The number of nitrogens with zero attached hydrogens (tertiary/aromatic N) is 2. The number of oxazole rings is 1. The number of benzene rings is 2. The summed E-state index contributed by atoms with van der Waals surface area (Å²) in [5.74, 6) is -0.625. The zero-order valence-electron chi connectivity index (χ0n) is 16.5. The Balaban J connectivity index is 1.65. The van der Waals surface area contributed by atoms with E-state index in [1.807, 2.05) is 0 Å². The molecule has 7 nitrogen and oxygen atoms in total. The Labute approximate surface area is 180 Å². The molecule has 13 heteroatoms. The van der Waals surface area contributed by atoms with E-state index >= 15 is 0 Å². The third kappa shape index (κ3) is 4.91. The molecule has 172 valence electrons. The van der Waals surface area contributed by atoms with E-state index in [1.165, 1.54) is 12.3 Å². The van der Waals surface area contributed by atoms with E-state index < -0.39 is 34.9 Å².